The first kappa shape index (κ1) is 10.2. The van der Waals surface area contributed by atoms with Gasteiger partial charge in [0.15, 0.2) is 11.6 Å². The van der Waals surface area contributed by atoms with E-state index in [1.807, 2.05) is 0 Å². The summed E-state index contributed by atoms with van der Waals surface area (Å²) in [4.78, 5) is 9.91. The summed E-state index contributed by atoms with van der Waals surface area (Å²) in [5, 5.41) is 0. The Morgan fingerprint density at radius 3 is 2.71 bits per heavy atom. The third-order valence-corrected chi connectivity index (χ3v) is 1.52. The molecule has 0 saturated heterocycles. The van der Waals surface area contributed by atoms with Crippen LogP contribution < -0.4 is 5.73 Å². The summed E-state index contributed by atoms with van der Waals surface area (Å²) in [7, 11) is 0. The third kappa shape index (κ3) is 2.07. The lowest BCUT2D eigenvalue weighted by Gasteiger charge is -1.98. The number of benzene rings is 1. The largest absolute Gasteiger partial charge is 0.396 e. The van der Waals surface area contributed by atoms with Gasteiger partial charge in [-0.15, -0.1) is 0 Å². The van der Waals surface area contributed by atoms with E-state index in [0.717, 1.165) is 0 Å². The molecule has 1 rings (SSSR count). The van der Waals surface area contributed by atoms with Gasteiger partial charge in [0.1, 0.15) is 6.29 Å². The number of hydrogen-bond acceptors (Lipinski definition) is 2. The van der Waals surface area contributed by atoms with E-state index in [4.69, 9.17) is 5.73 Å². The molecule has 0 atom stereocenters. The first-order chi connectivity index (χ1) is 6.66. The third-order valence-electron chi connectivity index (χ3n) is 1.52. The Morgan fingerprint density at radius 1 is 1.36 bits per heavy atom. The van der Waals surface area contributed by atoms with Crippen molar-refractivity contribution < 1.29 is 13.6 Å². The van der Waals surface area contributed by atoms with E-state index in [1.165, 1.54) is 12.1 Å². The second-order valence-corrected chi connectivity index (χ2v) is 2.50. The monoisotopic (exact) mass is 195 g/mol. The number of rotatable bonds is 1. The van der Waals surface area contributed by atoms with Gasteiger partial charge in [0.2, 0.25) is 0 Å². The van der Waals surface area contributed by atoms with E-state index in [-0.39, 0.29) is 17.7 Å². The summed E-state index contributed by atoms with van der Waals surface area (Å²) in [6.07, 6.45) is 0.573. The number of carbonyl (C=O) groups excluding carboxylic acids is 1. The molecule has 0 heterocycles. The number of nitrogen functional groups attached to an aromatic ring is 1. The van der Waals surface area contributed by atoms with Crippen LogP contribution in [-0.4, -0.2) is 6.29 Å². The number of halogens is 2. The zero-order chi connectivity index (χ0) is 10.6. The first-order valence-electron chi connectivity index (χ1n) is 3.82. The SMILES string of the molecule is Nc1ccc(C#CCC=O)c(F)c1F. The molecule has 0 radical (unpaired) electrons. The lowest BCUT2D eigenvalue weighted by Crippen LogP contribution is -1.96. The van der Waals surface area contributed by atoms with Crippen molar-refractivity contribution in [2.24, 2.45) is 0 Å². The van der Waals surface area contributed by atoms with Gasteiger partial charge in [0, 0.05) is 0 Å². The zero-order valence-electron chi connectivity index (χ0n) is 7.18. The number of nitrogens with two attached hydrogens (primary N) is 1. The molecule has 0 bridgehead atoms. The molecule has 4 heteroatoms. The lowest BCUT2D eigenvalue weighted by molar-refractivity contribution is -0.107. The van der Waals surface area contributed by atoms with Crippen LogP contribution in [0, 0.1) is 23.5 Å². The van der Waals surface area contributed by atoms with E-state index in [2.05, 4.69) is 11.8 Å². The minimum Gasteiger partial charge on any atom is -0.396 e. The summed E-state index contributed by atoms with van der Waals surface area (Å²) in [6, 6.07) is 2.49. The van der Waals surface area contributed by atoms with Gasteiger partial charge in [-0.2, -0.15) is 0 Å². The molecule has 0 unspecified atom stereocenters. The Kier molecular flexibility index (Phi) is 3.19. The van der Waals surface area contributed by atoms with Crippen LogP contribution in [0.4, 0.5) is 14.5 Å². The summed E-state index contributed by atoms with van der Waals surface area (Å²) in [5.74, 6) is 2.51. The fourth-order valence-corrected chi connectivity index (χ4v) is 0.849. The molecule has 0 aliphatic heterocycles. The molecule has 0 spiro atoms. The number of hydrogen-bond donors (Lipinski definition) is 1. The number of carbonyl (C=O) groups is 1. The van der Waals surface area contributed by atoms with Crippen molar-refractivity contribution in [2.75, 3.05) is 5.73 Å². The Bertz CT molecular complexity index is 418. The fraction of sp³-hybridized carbons (Fsp3) is 0.100. The van der Waals surface area contributed by atoms with Crippen LogP contribution in [-0.2, 0) is 4.79 Å². The molecule has 2 nitrogen and oxygen atoms in total. The van der Waals surface area contributed by atoms with Crippen molar-refractivity contribution >= 4 is 12.0 Å². The van der Waals surface area contributed by atoms with E-state index in [0.29, 0.717) is 6.29 Å². The molecular weight excluding hydrogens is 188 g/mol. The van der Waals surface area contributed by atoms with Gasteiger partial charge in [0.05, 0.1) is 17.7 Å². The predicted octanol–water partition coefficient (Wildman–Crippen LogP) is 1.49. The van der Waals surface area contributed by atoms with Crippen LogP contribution in [0.5, 0.6) is 0 Å². The maximum absolute atomic E-state index is 13.0. The highest BCUT2D eigenvalue weighted by Crippen LogP contribution is 2.16. The van der Waals surface area contributed by atoms with E-state index < -0.39 is 11.6 Å². The van der Waals surface area contributed by atoms with Gasteiger partial charge in [-0.1, -0.05) is 11.8 Å². The molecule has 14 heavy (non-hydrogen) atoms. The average Bonchev–Trinajstić information content (AvgIpc) is 2.18. The molecule has 72 valence electrons. The minimum absolute atomic E-state index is 0.00850. The summed E-state index contributed by atoms with van der Waals surface area (Å²) < 4.78 is 25.9. The molecule has 0 fully saturated rings. The normalized spacial score (nSPS) is 9.00. The van der Waals surface area contributed by atoms with E-state index in [1.54, 1.807) is 0 Å². The first-order valence-corrected chi connectivity index (χ1v) is 3.82. The highest BCUT2D eigenvalue weighted by Gasteiger charge is 2.09. The van der Waals surface area contributed by atoms with Crippen LogP contribution in [0.3, 0.4) is 0 Å². The van der Waals surface area contributed by atoms with Gasteiger partial charge in [0.25, 0.3) is 0 Å². The number of aldehydes is 1. The van der Waals surface area contributed by atoms with Crippen molar-refractivity contribution in [1.82, 2.24) is 0 Å². The molecule has 0 saturated carbocycles. The Labute approximate surface area is 79.7 Å². The van der Waals surface area contributed by atoms with Gasteiger partial charge < -0.3 is 10.5 Å². The van der Waals surface area contributed by atoms with Crippen molar-refractivity contribution in [3.63, 3.8) is 0 Å². The highest BCUT2D eigenvalue weighted by molar-refractivity contribution is 5.55. The predicted molar refractivity (Wildman–Crippen MR) is 48.3 cm³/mol. The molecule has 1 aromatic carbocycles. The van der Waals surface area contributed by atoms with Gasteiger partial charge in [-0.05, 0) is 12.1 Å². The summed E-state index contributed by atoms with van der Waals surface area (Å²) in [6.45, 7) is 0. The van der Waals surface area contributed by atoms with Crippen LogP contribution >= 0.6 is 0 Å². The lowest BCUT2D eigenvalue weighted by atomic mass is 10.2. The van der Waals surface area contributed by atoms with Gasteiger partial charge >= 0.3 is 0 Å². The van der Waals surface area contributed by atoms with Crippen molar-refractivity contribution in [2.45, 2.75) is 6.42 Å². The zero-order valence-corrected chi connectivity index (χ0v) is 7.18. The molecule has 0 amide bonds. The second-order valence-electron chi connectivity index (χ2n) is 2.50. The molecule has 0 aliphatic carbocycles. The maximum Gasteiger partial charge on any atom is 0.182 e. The van der Waals surface area contributed by atoms with Crippen LogP contribution in [0.2, 0.25) is 0 Å². The minimum atomic E-state index is -1.11. The quantitative estimate of drug-likeness (QED) is 0.419. The highest BCUT2D eigenvalue weighted by atomic mass is 19.2. The molecule has 0 aliphatic rings. The Balaban J connectivity index is 3.07. The topological polar surface area (TPSA) is 43.1 Å². The maximum atomic E-state index is 13.0. The molecule has 2 N–H and O–H groups in total. The molecular formula is C10H7F2NO. The van der Waals surface area contributed by atoms with Crippen molar-refractivity contribution in [3.8, 4) is 11.8 Å². The van der Waals surface area contributed by atoms with E-state index >= 15 is 0 Å². The van der Waals surface area contributed by atoms with Gasteiger partial charge in [-0.25, -0.2) is 8.78 Å². The summed E-state index contributed by atoms with van der Waals surface area (Å²) >= 11 is 0. The van der Waals surface area contributed by atoms with Crippen molar-refractivity contribution in [1.29, 1.82) is 0 Å². The molecule has 1 aromatic rings. The average molecular weight is 195 g/mol. The smallest absolute Gasteiger partial charge is 0.182 e. The van der Waals surface area contributed by atoms with Crippen LogP contribution in [0.25, 0.3) is 0 Å². The molecule has 0 aromatic heterocycles. The second kappa shape index (κ2) is 4.38. The fourth-order valence-electron chi connectivity index (χ4n) is 0.849. The van der Waals surface area contributed by atoms with E-state index in [9.17, 15) is 13.6 Å². The van der Waals surface area contributed by atoms with Crippen molar-refractivity contribution in [3.05, 3.63) is 29.3 Å². The van der Waals surface area contributed by atoms with Crippen LogP contribution in [0.15, 0.2) is 12.1 Å². The number of anilines is 1. The summed E-state index contributed by atoms with van der Waals surface area (Å²) in [5.41, 5.74) is 4.77. The van der Waals surface area contributed by atoms with Crippen LogP contribution in [0.1, 0.15) is 12.0 Å². The Hall–Kier alpha value is -1.89. The van der Waals surface area contributed by atoms with Gasteiger partial charge in [-0.3, -0.25) is 0 Å². The Morgan fingerprint density at radius 2 is 2.07 bits per heavy atom. The standard InChI is InChI=1S/C10H7F2NO/c11-9-7(3-1-2-6-14)4-5-8(13)10(9)12/h4-6H,2,13H2.